The van der Waals surface area contributed by atoms with E-state index in [2.05, 4.69) is 43.2 Å². The highest BCUT2D eigenvalue weighted by Crippen LogP contribution is 2.25. The van der Waals surface area contributed by atoms with Gasteiger partial charge in [-0.2, -0.15) is 0 Å². The van der Waals surface area contributed by atoms with Gasteiger partial charge in [0.2, 0.25) is 0 Å². The molecular formula is C21H30N2O3S. The van der Waals surface area contributed by atoms with Crippen LogP contribution in [0.2, 0.25) is 0 Å². The largest absolute Gasteiger partial charge is 0.507 e. The summed E-state index contributed by atoms with van der Waals surface area (Å²) >= 11 is 0. The molecule has 0 aliphatic rings. The molecule has 2 rings (SSSR count). The van der Waals surface area contributed by atoms with E-state index in [0.29, 0.717) is 23.0 Å². The molecule has 0 heterocycles. The summed E-state index contributed by atoms with van der Waals surface area (Å²) in [5.41, 5.74) is 1.83. The molecule has 6 heteroatoms. The SMILES string of the molecule is CC(CC(C)N(C)c1ccccc1)NCC(O)c1ccc(O)c(S(C)=O)c1. The molecule has 4 atom stereocenters. The van der Waals surface area contributed by atoms with Crippen molar-refractivity contribution in [3.8, 4) is 5.75 Å². The molecule has 2 aromatic carbocycles. The Morgan fingerprint density at radius 3 is 2.44 bits per heavy atom. The average molecular weight is 391 g/mol. The van der Waals surface area contributed by atoms with E-state index in [-0.39, 0.29) is 11.8 Å². The van der Waals surface area contributed by atoms with Crippen LogP contribution >= 0.6 is 0 Å². The Bertz CT molecular complexity index is 754. The number of hydrogen-bond donors (Lipinski definition) is 3. The summed E-state index contributed by atoms with van der Waals surface area (Å²) in [5, 5.41) is 23.6. The number of phenolic OH excluding ortho intramolecular Hbond substituents is 1. The molecule has 5 nitrogen and oxygen atoms in total. The zero-order valence-electron chi connectivity index (χ0n) is 16.4. The molecule has 0 amide bonds. The fourth-order valence-corrected chi connectivity index (χ4v) is 3.73. The van der Waals surface area contributed by atoms with Gasteiger partial charge in [0.05, 0.1) is 21.8 Å². The lowest BCUT2D eigenvalue weighted by molar-refractivity contribution is 0.169. The van der Waals surface area contributed by atoms with E-state index in [1.807, 2.05) is 18.2 Å². The van der Waals surface area contributed by atoms with E-state index < -0.39 is 16.9 Å². The van der Waals surface area contributed by atoms with Gasteiger partial charge in [0, 0.05) is 37.6 Å². The van der Waals surface area contributed by atoms with E-state index in [0.717, 1.165) is 6.42 Å². The molecule has 0 saturated carbocycles. The van der Waals surface area contributed by atoms with Crippen molar-refractivity contribution < 1.29 is 14.4 Å². The van der Waals surface area contributed by atoms with Crippen molar-refractivity contribution >= 4 is 16.5 Å². The Morgan fingerprint density at radius 1 is 1.15 bits per heavy atom. The van der Waals surface area contributed by atoms with E-state index in [1.54, 1.807) is 12.1 Å². The molecule has 0 saturated heterocycles. The van der Waals surface area contributed by atoms with E-state index >= 15 is 0 Å². The first-order valence-electron chi connectivity index (χ1n) is 9.15. The Morgan fingerprint density at radius 2 is 1.81 bits per heavy atom. The third-order valence-electron chi connectivity index (χ3n) is 4.86. The topological polar surface area (TPSA) is 72.8 Å². The molecule has 0 aliphatic carbocycles. The third kappa shape index (κ3) is 6.06. The molecule has 3 N–H and O–H groups in total. The number of rotatable bonds is 9. The summed E-state index contributed by atoms with van der Waals surface area (Å²) in [6.07, 6.45) is 1.71. The van der Waals surface area contributed by atoms with Gasteiger partial charge in [-0.1, -0.05) is 24.3 Å². The zero-order chi connectivity index (χ0) is 20.0. The van der Waals surface area contributed by atoms with Crippen LogP contribution in [-0.2, 0) is 10.8 Å². The molecule has 0 spiro atoms. The van der Waals surface area contributed by atoms with Crippen LogP contribution < -0.4 is 10.2 Å². The molecular weight excluding hydrogens is 360 g/mol. The molecule has 4 unspecified atom stereocenters. The quantitative estimate of drug-likeness (QED) is 0.614. The number of hydrogen-bond acceptors (Lipinski definition) is 5. The molecule has 0 bridgehead atoms. The van der Waals surface area contributed by atoms with Crippen LogP contribution in [0.15, 0.2) is 53.4 Å². The predicted octanol–water partition coefficient (Wildman–Crippen LogP) is 3.06. The standard InChI is InChI=1S/C21H30N2O3S/c1-15(12-16(2)23(3)18-8-6-5-7-9-18)22-14-20(25)17-10-11-19(24)21(13-17)27(4)26/h5-11,13,15-16,20,22,24-25H,12,14H2,1-4H3. The number of aromatic hydroxyl groups is 1. The maximum atomic E-state index is 11.7. The Hall–Kier alpha value is -1.89. The van der Waals surface area contributed by atoms with Crippen molar-refractivity contribution in [2.75, 3.05) is 24.7 Å². The van der Waals surface area contributed by atoms with Crippen LogP contribution in [0, 0.1) is 0 Å². The van der Waals surface area contributed by atoms with E-state index in [1.165, 1.54) is 18.0 Å². The zero-order valence-corrected chi connectivity index (χ0v) is 17.2. The van der Waals surface area contributed by atoms with Crippen molar-refractivity contribution in [3.63, 3.8) is 0 Å². The first-order chi connectivity index (χ1) is 12.8. The van der Waals surface area contributed by atoms with Crippen LogP contribution in [0.4, 0.5) is 5.69 Å². The highest BCUT2D eigenvalue weighted by Gasteiger charge is 2.16. The number of anilines is 1. The van der Waals surface area contributed by atoms with Crippen molar-refractivity contribution in [3.05, 3.63) is 54.1 Å². The first kappa shape index (κ1) is 21.4. The number of phenols is 1. The normalized spacial score (nSPS) is 15.7. The summed E-state index contributed by atoms with van der Waals surface area (Å²) < 4.78 is 11.7. The van der Waals surface area contributed by atoms with Gasteiger partial charge in [-0.25, -0.2) is 0 Å². The smallest absolute Gasteiger partial charge is 0.131 e. The molecule has 0 radical (unpaired) electrons. The molecule has 148 valence electrons. The van der Waals surface area contributed by atoms with Gasteiger partial charge in [-0.05, 0) is 50.1 Å². The maximum absolute atomic E-state index is 11.7. The van der Waals surface area contributed by atoms with Gasteiger partial charge < -0.3 is 20.4 Å². The van der Waals surface area contributed by atoms with Crippen LogP contribution in [0.5, 0.6) is 5.75 Å². The molecule has 2 aromatic rings. The van der Waals surface area contributed by atoms with Crippen molar-refractivity contribution in [1.82, 2.24) is 5.32 Å². The Kier molecular flexibility index (Phi) is 7.83. The van der Waals surface area contributed by atoms with Gasteiger partial charge in [0.15, 0.2) is 0 Å². The second kappa shape index (κ2) is 9.88. The van der Waals surface area contributed by atoms with E-state index in [4.69, 9.17) is 0 Å². The Labute approximate surface area is 164 Å². The maximum Gasteiger partial charge on any atom is 0.131 e. The molecule has 0 aliphatic heterocycles. The monoisotopic (exact) mass is 390 g/mol. The van der Waals surface area contributed by atoms with Crippen LogP contribution in [0.3, 0.4) is 0 Å². The van der Waals surface area contributed by atoms with Gasteiger partial charge in [-0.3, -0.25) is 4.21 Å². The molecule has 0 aromatic heterocycles. The van der Waals surface area contributed by atoms with E-state index in [9.17, 15) is 14.4 Å². The minimum Gasteiger partial charge on any atom is -0.507 e. The lowest BCUT2D eigenvalue weighted by atomic mass is 10.1. The number of benzene rings is 2. The van der Waals surface area contributed by atoms with Gasteiger partial charge in [0.25, 0.3) is 0 Å². The first-order valence-corrected chi connectivity index (χ1v) is 10.7. The fraction of sp³-hybridized carbons (Fsp3) is 0.429. The summed E-state index contributed by atoms with van der Waals surface area (Å²) in [6.45, 7) is 4.68. The van der Waals surface area contributed by atoms with Crippen molar-refractivity contribution in [1.29, 1.82) is 0 Å². The predicted molar refractivity (Wildman–Crippen MR) is 112 cm³/mol. The number of aliphatic hydroxyl groups is 1. The number of nitrogens with one attached hydrogen (secondary N) is 1. The number of aliphatic hydroxyl groups excluding tert-OH is 1. The van der Waals surface area contributed by atoms with Crippen LogP contribution in [-0.4, -0.2) is 46.4 Å². The minimum atomic E-state index is -1.30. The second-order valence-corrected chi connectivity index (χ2v) is 8.39. The average Bonchev–Trinajstić information content (AvgIpc) is 2.66. The molecule has 0 fully saturated rings. The summed E-state index contributed by atoms with van der Waals surface area (Å²) in [6, 6.07) is 15.6. The summed E-state index contributed by atoms with van der Waals surface area (Å²) in [5.74, 6) is -0.00844. The summed E-state index contributed by atoms with van der Waals surface area (Å²) in [4.78, 5) is 2.59. The van der Waals surface area contributed by atoms with Gasteiger partial charge in [-0.15, -0.1) is 0 Å². The van der Waals surface area contributed by atoms with Crippen LogP contribution in [0.1, 0.15) is 31.9 Å². The third-order valence-corrected chi connectivity index (χ3v) is 5.80. The van der Waals surface area contributed by atoms with Gasteiger partial charge in [0.1, 0.15) is 5.75 Å². The minimum absolute atomic E-state index is 0.00844. The lowest BCUT2D eigenvalue weighted by Gasteiger charge is -2.30. The van der Waals surface area contributed by atoms with Crippen molar-refractivity contribution in [2.45, 2.75) is 43.4 Å². The second-order valence-electron chi connectivity index (χ2n) is 7.04. The summed E-state index contributed by atoms with van der Waals surface area (Å²) in [7, 11) is 0.789. The fourth-order valence-electron chi connectivity index (χ4n) is 3.07. The van der Waals surface area contributed by atoms with Crippen LogP contribution in [0.25, 0.3) is 0 Å². The lowest BCUT2D eigenvalue weighted by Crippen LogP contribution is -2.38. The number of nitrogens with zero attached hydrogens (tertiary/aromatic N) is 1. The van der Waals surface area contributed by atoms with Gasteiger partial charge >= 0.3 is 0 Å². The number of para-hydroxylation sites is 1. The highest BCUT2D eigenvalue weighted by molar-refractivity contribution is 7.84. The highest BCUT2D eigenvalue weighted by atomic mass is 32.2. The Balaban J connectivity index is 1.88. The van der Waals surface area contributed by atoms with Crippen molar-refractivity contribution in [2.24, 2.45) is 0 Å². The molecule has 27 heavy (non-hydrogen) atoms.